The van der Waals surface area contributed by atoms with Gasteiger partial charge in [0.15, 0.2) is 0 Å². The van der Waals surface area contributed by atoms with E-state index in [9.17, 15) is 35.9 Å². The molecule has 7 nitrogen and oxygen atoms in total. The van der Waals surface area contributed by atoms with E-state index >= 15 is 0 Å². The number of hydrogen-bond donors (Lipinski definition) is 1. The molecule has 1 saturated heterocycles. The summed E-state index contributed by atoms with van der Waals surface area (Å²) in [5.74, 6) is -4.48. The van der Waals surface area contributed by atoms with Gasteiger partial charge in [0.2, 0.25) is 0 Å². The largest absolute Gasteiger partial charge is 0.464 e. The van der Waals surface area contributed by atoms with Gasteiger partial charge in [-0.05, 0) is 18.8 Å². The molecule has 0 aromatic carbocycles. The van der Waals surface area contributed by atoms with Gasteiger partial charge in [-0.15, -0.1) is 4.33 Å². The molecule has 2 bridgehead atoms. The van der Waals surface area contributed by atoms with E-state index in [-0.39, 0.29) is 17.8 Å². The van der Waals surface area contributed by atoms with Gasteiger partial charge in [-0.2, -0.15) is 26.3 Å². The lowest BCUT2D eigenvalue weighted by atomic mass is 9.83. The van der Waals surface area contributed by atoms with Crippen LogP contribution in [0.4, 0.5) is 26.3 Å². The Kier molecular flexibility index (Phi) is 5.06. The van der Waals surface area contributed by atoms with Gasteiger partial charge in [-0.25, -0.2) is 10.1 Å². The molecule has 14 heteroatoms. The molecule has 2 aliphatic carbocycles. The Morgan fingerprint density at radius 3 is 2.37 bits per heavy atom. The number of ether oxygens (including phenoxy) is 2. The number of halogens is 6. The van der Waals surface area contributed by atoms with Crippen LogP contribution < -0.4 is 0 Å². The van der Waals surface area contributed by atoms with Gasteiger partial charge in [-0.1, -0.05) is 5.04 Å². The second kappa shape index (κ2) is 6.67. The summed E-state index contributed by atoms with van der Waals surface area (Å²) in [6.45, 7) is -0.779. The molecule has 0 radical (unpaired) electrons. The first-order chi connectivity index (χ1) is 12.4. The van der Waals surface area contributed by atoms with Gasteiger partial charge in [0.05, 0.1) is 24.6 Å². The first-order valence-corrected chi connectivity index (χ1v) is 8.35. The van der Waals surface area contributed by atoms with Crippen LogP contribution >= 0.6 is 12.0 Å². The van der Waals surface area contributed by atoms with Crippen LogP contribution in [0.3, 0.4) is 0 Å². The van der Waals surface area contributed by atoms with Gasteiger partial charge in [0, 0.05) is 11.8 Å². The van der Waals surface area contributed by atoms with Crippen molar-refractivity contribution in [2.24, 2.45) is 23.7 Å². The van der Waals surface area contributed by atoms with Crippen LogP contribution in [-0.4, -0.2) is 47.0 Å². The molecule has 3 fully saturated rings. The fraction of sp³-hybridized carbons (Fsp3) is 0.846. The normalized spacial score (nSPS) is 32.7. The number of carbonyl (C=O) groups excluding carboxylic acids is 2. The zero-order valence-corrected chi connectivity index (χ0v) is 13.9. The highest BCUT2D eigenvalue weighted by Crippen LogP contribution is 2.58. The van der Waals surface area contributed by atoms with E-state index in [0.717, 1.165) is 0 Å². The number of hydrogen-bond acceptors (Lipinski definition) is 8. The predicted octanol–water partition coefficient (Wildman–Crippen LogP) is 2.66. The van der Waals surface area contributed by atoms with Crippen LogP contribution in [0.2, 0.25) is 0 Å². The molecule has 1 heterocycles. The predicted molar refractivity (Wildman–Crippen MR) is 71.3 cm³/mol. The topological polar surface area (TPSA) is 91.3 Å². The standard InChI is InChI=1S/C13H12F6O7S/c14-12(15,16)11(13(17,18)19,27-26-25-22)10(21)23-3-7-4-1-5-6(2-4)9(20)24-8(5)7/h4-8,22H,1-3H2. The fourth-order valence-corrected chi connectivity index (χ4v) is 4.62. The molecule has 0 aromatic heterocycles. The molecule has 5 atom stereocenters. The Morgan fingerprint density at radius 2 is 1.81 bits per heavy atom. The van der Waals surface area contributed by atoms with Crippen molar-refractivity contribution in [3.63, 3.8) is 0 Å². The summed E-state index contributed by atoms with van der Waals surface area (Å²) in [4.78, 5) is 23.5. The number of carbonyl (C=O) groups is 2. The minimum atomic E-state index is -6.18. The molecule has 1 N–H and O–H groups in total. The lowest BCUT2D eigenvalue weighted by molar-refractivity contribution is -0.434. The molecular formula is C13H12F6O7S. The Hall–Kier alpha value is -1.25. The van der Waals surface area contributed by atoms with Crippen molar-refractivity contribution in [2.75, 3.05) is 6.61 Å². The van der Waals surface area contributed by atoms with Crippen LogP contribution in [0.25, 0.3) is 0 Å². The van der Waals surface area contributed by atoms with Crippen molar-refractivity contribution in [3.05, 3.63) is 0 Å². The summed E-state index contributed by atoms with van der Waals surface area (Å²) in [6.07, 6.45) is -12.1. The molecule has 3 rings (SSSR count). The van der Waals surface area contributed by atoms with E-state index in [2.05, 4.69) is 14.1 Å². The van der Waals surface area contributed by atoms with Gasteiger partial charge in [0.1, 0.15) is 6.10 Å². The van der Waals surface area contributed by atoms with Gasteiger partial charge < -0.3 is 9.47 Å². The average molecular weight is 426 g/mol. The summed E-state index contributed by atoms with van der Waals surface area (Å²) < 4.78 is 86.7. The molecule has 0 spiro atoms. The van der Waals surface area contributed by atoms with E-state index in [1.165, 1.54) is 0 Å². The third-order valence-electron chi connectivity index (χ3n) is 5.34. The third kappa shape index (κ3) is 3.06. The fourth-order valence-electron chi connectivity index (χ4n) is 4.17. The second-order valence-electron chi connectivity index (χ2n) is 6.57. The van der Waals surface area contributed by atoms with Crippen LogP contribution in [0.1, 0.15) is 12.8 Å². The smallest absolute Gasteiger partial charge is 0.425 e. The number of rotatable bonds is 6. The maximum absolute atomic E-state index is 13.2. The van der Waals surface area contributed by atoms with Crippen molar-refractivity contribution in [3.8, 4) is 0 Å². The molecule has 27 heavy (non-hydrogen) atoms. The Bertz CT molecular complexity index is 609. The molecular weight excluding hydrogens is 414 g/mol. The van der Waals surface area contributed by atoms with E-state index in [1.807, 2.05) is 0 Å². The molecule has 3 aliphatic rings. The maximum Gasteiger partial charge on any atom is 0.425 e. The molecule has 2 saturated carbocycles. The third-order valence-corrected chi connectivity index (χ3v) is 6.34. The van der Waals surface area contributed by atoms with Gasteiger partial charge >= 0.3 is 29.0 Å². The van der Waals surface area contributed by atoms with Crippen molar-refractivity contribution in [1.82, 2.24) is 0 Å². The molecule has 0 aromatic rings. The summed E-state index contributed by atoms with van der Waals surface area (Å²) in [5, 5.41) is 10.7. The Labute approximate surface area is 151 Å². The van der Waals surface area contributed by atoms with E-state index < -0.39 is 59.7 Å². The first-order valence-electron chi connectivity index (χ1n) is 7.61. The molecule has 1 aliphatic heterocycles. The second-order valence-corrected chi connectivity index (χ2v) is 7.48. The minimum Gasteiger partial charge on any atom is -0.464 e. The monoisotopic (exact) mass is 426 g/mol. The Morgan fingerprint density at radius 1 is 1.19 bits per heavy atom. The van der Waals surface area contributed by atoms with Crippen LogP contribution in [0.15, 0.2) is 0 Å². The number of fused-ring (bicyclic) bond motifs is 1. The van der Waals surface area contributed by atoms with E-state index in [4.69, 9.17) is 9.99 Å². The maximum atomic E-state index is 13.2. The van der Waals surface area contributed by atoms with Crippen molar-refractivity contribution >= 4 is 24.0 Å². The molecule has 0 amide bonds. The van der Waals surface area contributed by atoms with E-state index in [0.29, 0.717) is 12.8 Å². The van der Waals surface area contributed by atoms with Crippen LogP contribution in [0.5, 0.6) is 0 Å². The summed E-state index contributed by atoms with van der Waals surface area (Å²) in [6, 6.07) is 0. The van der Waals surface area contributed by atoms with Crippen molar-refractivity contribution in [1.29, 1.82) is 0 Å². The SMILES string of the molecule is O=C1OC2C(COC(=O)C(SOOO)(C(F)(F)F)C(F)(F)F)C3CC1C2C3. The van der Waals surface area contributed by atoms with Crippen molar-refractivity contribution < 1.29 is 60.0 Å². The highest BCUT2D eigenvalue weighted by Gasteiger charge is 2.79. The zero-order valence-electron chi connectivity index (χ0n) is 13.1. The van der Waals surface area contributed by atoms with Gasteiger partial charge in [0.25, 0.3) is 0 Å². The molecule has 154 valence electrons. The first kappa shape index (κ1) is 20.5. The Balaban J connectivity index is 1.76. The van der Waals surface area contributed by atoms with Gasteiger partial charge in [-0.3, -0.25) is 4.79 Å². The van der Waals surface area contributed by atoms with E-state index in [1.54, 1.807) is 0 Å². The highest BCUT2D eigenvalue weighted by molar-refractivity contribution is 7.96. The zero-order chi connectivity index (χ0) is 20.2. The van der Waals surface area contributed by atoms with Crippen LogP contribution in [-0.2, 0) is 28.4 Å². The average Bonchev–Trinajstić information content (AvgIpc) is 3.14. The van der Waals surface area contributed by atoms with Crippen molar-refractivity contribution in [2.45, 2.75) is 36.0 Å². The van der Waals surface area contributed by atoms with Crippen LogP contribution in [0, 0.1) is 23.7 Å². The minimum absolute atomic E-state index is 0.165. The highest BCUT2D eigenvalue weighted by atomic mass is 32.2. The number of alkyl halides is 6. The lowest BCUT2D eigenvalue weighted by Crippen LogP contribution is -2.60. The summed E-state index contributed by atoms with van der Waals surface area (Å²) in [5.41, 5.74) is 0. The molecule has 5 unspecified atom stereocenters. The quantitative estimate of drug-likeness (QED) is 0.228. The summed E-state index contributed by atoms with van der Waals surface area (Å²) in [7, 11) is 0. The summed E-state index contributed by atoms with van der Waals surface area (Å²) >= 11 is -1.48. The lowest BCUT2D eigenvalue weighted by Gasteiger charge is -2.33. The number of esters is 2.